The van der Waals surface area contributed by atoms with Crippen molar-refractivity contribution >= 4 is 48.9 Å². The van der Waals surface area contributed by atoms with E-state index in [2.05, 4.69) is 4.72 Å². The van der Waals surface area contributed by atoms with Crippen molar-refractivity contribution in [2.45, 2.75) is 17.7 Å². The van der Waals surface area contributed by atoms with Gasteiger partial charge in [-0.2, -0.15) is 0 Å². The zero-order valence-corrected chi connectivity index (χ0v) is 13.3. The van der Waals surface area contributed by atoms with Crippen LogP contribution < -0.4 is 9.86 Å². The van der Waals surface area contributed by atoms with Crippen LogP contribution in [0.1, 0.15) is 12.8 Å². The summed E-state index contributed by atoms with van der Waals surface area (Å²) in [5, 5.41) is 4.71. The number of primary sulfonamides is 1. The van der Waals surface area contributed by atoms with Gasteiger partial charge in [0.1, 0.15) is 0 Å². The number of rotatable bonds is 5. The van der Waals surface area contributed by atoms with Gasteiger partial charge in [-0.1, -0.05) is 23.2 Å². The molecule has 0 spiro atoms. The second-order valence-electron chi connectivity index (χ2n) is 4.63. The normalized spacial score (nSPS) is 16.1. The molecule has 0 radical (unpaired) electrons. The predicted octanol–water partition coefficient (Wildman–Crippen LogP) is 1.79. The van der Waals surface area contributed by atoms with Gasteiger partial charge in [0.25, 0.3) is 0 Å². The summed E-state index contributed by atoms with van der Waals surface area (Å²) in [5.74, 6) is 0.157. The van der Waals surface area contributed by atoms with Gasteiger partial charge in [-0.15, -0.1) is 0 Å². The quantitative estimate of drug-likeness (QED) is 0.836. The van der Waals surface area contributed by atoms with Crippen LogP contribution in [0.15, 0.2) is 17.0 Å². The highest BCUT2D eigenvalue weighted by molar-refractivity contribution is 7.92. The molecule has 10 heteroatoms. The fourth-order valence-corrected chi connectivity index (χ4v) is 4.56. The van der Waals surface area contributed by atoms with Crippen molar-refractivity contribution in [3.05, 3.63) is 22.2 Å². The first-order chi connectivity index (χ1) is 9.08. The molecule has 20 heavy (non-hydrogen) atoms. The maximum absolute atomic E-state index is 11.9. The first kappa shape index (κ1) is 15.8. The summed E-state index contributed by atoms with van der Waals surface area (Å²) in [4.78, 5) is -0.280. The third kappa shape index (κ3) is 3.98. The average molecular weight is 359 g/mol. The first-order valence-corrected chi connectivity index (χ1v) is 9.56. The lowest BCUT2D eigenvalue weighted by Crippen LogP contribution is -2.19. The molecule has 1 saturated carbocycles. The number of anilines is 1. The smallest absolute Gasteiger partial charge is 0.238 e. The van der Waals surface area contributed by atoms with Crippen molar-refractivity contribution in [1.29, 1.82) is 0 Å². The van der Waals surface area contributed by atoms with Gasteiger partial charge in [-0.25, -0.2) is 22.0 Å². The Balaban J connectivity index is 2.33. The van der Waals surface area contributed by atoms with Crippen molar-refractivity contribution in [3.8, 4) is 0 Å². The summed E-state index contributed by atoms with van der Waals surface area (Å²) in [6.07, 6.45) is 1.76. The van der Waals surface area contributed by atoms with Gasteiger partial charge in [0.05, 0.1) is 26.4 Å². The maximum Gasteiger partial charge on any atom is 0.238 e. The zero-order valence-electron chi connectivity index (χ0n) is 10.1. The highest BCUT2D eigenvalue weighted by atomic mass is 35.5. The van der Waals surface area contributed by atoms with Crippen molar-refractivity contribution in [2.75, 3.05) is 10.5 Å². The van der Waals surface area contributed by atoms with E-state index in [0.717, 1.165) is 25.0 Å². The van der Waals surface area contributed by atoms with Gasteiger partial charge >= 0.3 is 0 Å². The number of hydrogen-bond donors (Lipinski definition) is 2. The number of sulfonamides is 2. The fraction of sp³-hybridized carbons (Fsp3) is 0.400. The van der Waals surface area contributed by atoms with Gasteiger partial charge in [0, 0.05) is 0 Å². The van der Waals surface area contributed by atoms with E-state index in [1.165, 1.54) is 0 Å². The molecule has 1 fully saturated rings. The molecule has 0 bridgehead atoms. The standard InChI is InChI=1S/C10H12Cl2N2O4S2/c11-8-3-7(20(13,17)18)4-9(12)10(8)14-19(15,16)5-6-1-2-6/h3-4,6,14H,1-2,5H2,(H2,13,17,18). The Labute approximate surface area is 127 Å². The van der Waals surface area contributed by atoms with Crippen LogP contribution in [0.25, 0.3) is 0 Å². The van der Waals surface area contributed by atoms with Crippen LogP contribution in [0.2, 0.25) is 10.0 Å². The molecule has 0 amide bonds. The number of hydrogen-bond acceptors (Lipinski definition) is 4. The summed E-state index contributed by atoms with van der Waals surface area (Å²) in [6.45, 7) is 0. The van der Waals surface area contributed by atoms with Crippen LogP contribution in [0.5, 0.6) is 0 Å². The molecule has 2 rings (SSSR count). The number of nitrogens with two attached hydrogens (primary N) is 1. The minimum atomic E-state index is -3.96. The summed E-state index contributed by atoms with van der Waals surface area (Å²) < 4.78 is 48.4. The topological polar surface area (TPSA) is 106 Å². The van der Waals surface area contributed by atoms with E-state index in [1.807, 2.05) is 0 Å². The van der Waals surface area contributed by atoms with E-state index in [9.17, 15) is 16.8 Å². The largest absolute Gasteiger partial charge is 0.281 e. The van der Waals surface area contributed by atoms with Gasteiger partial charge in [-0.05, 0) is 30.9 Å². The molecule has 3 N–H and O–H groups in total. The van der Waals surface area contributed by atoms with Crippen LogP contribution in [-0.4, -0.2) is 22.6 Å². The molecule has 0 atom stereocenters. The highest BCUT2D eigenvalue weighted by Gasteiger charge is 2.29. The van der Waals surface area contributed by atoms with Crippen molar-refractivity contribution in [3.63, 3.8) is 0 Å². The maximum atomic E-state index is 11.9. The number of benzene rings is 1. The molecular weight excluding hydrogens is 347 g/mol. The van der Waals surface area contributed by atoms with Crippen molar-refractivity contribution in [1.82, 2.24) is 0 Å². The molecule has 0 saturated heterocycles. The lowest BCUT2D eigenvalue weighted by atomic mass is 10.3. The molecule has 6 nitrogen and oxygen atoms in total. The molecule has 0 unspecified atom stereocenters. The van der Waals surface area contributed by atoms with Gasteiger partial charge in [0.15, 0.2) is 0 Å². The van der Waals surface area contributed by atoms with E-state index in [4.69, 9.17) is 28.3 Å². The average Bonchev–Trinajstić information content (AvgIpc) is 3.05. The lowest BCUT2D eigenvalue weighted by molar-refractivity contribution is 0.596. The Bertz CT molecular complexity index is 720. The van der Waals surface area contributed by atoms with Gasteiger partial charge < -0.3 is 0 Å². The van der Waals surface area contributed by atoms with Crippen LogP contribution in [-0.2, 0) is 20.0 Å². The molecule has 1 aromatic rings. The summed E-state index contributed by atoms with van der Waals surface area (Å²) in [7, 11) is -7.53. The third-order valence-corrected chi connectivity index (χ3v) is 5.67. The first-order valence-electron chi connectivity index (χ1n) is 5.61. The van der Waals surface area contributed by atoms with Crippen molar-refractivity contribution in [2.24, 2.45) is 11.1 Å². The van der Waals surface area contributed by atoms with Crippen molar-refractivity contribution < 1.29 is 16.8 Å². The monoisotopic (exact) mass is 358 g/mol. The lowest BCUT2D eigenvalue weighted by Gasteiger charge is -2.12. The summed E-state index contributed by atoms with van der Waals surface area (Å²) >= 11 is 11.7. The van der Waals surface area contributed by atoms with Crippen LogP contribution in [0, 0.1) is 5.92 Å². The van der Waals surface area contributed by atoms with E-state index >= 15 is 0 Å². The van der Waals surface area contributed by atoms with E-state index in [1.54, 1.807) is 0 Å². The van der Waals surface area contributed by atoms with Gasteiger partial charge in [-0.3, -0.25) is 4.72 Å². The molecule has 1 aromatic carbocycles. The Morgan fingerprint density at radius 2 is 1.65 bits per heavy atom. The SMILES string of the molecule is NS(=O)(=O)c1cc(Cl)c(NS(=O)(=O)CC2CC2)c(Cl)c1. The minimum Gasteiger partial charge on any atom is -0.281 e. The molecule has 1 aliphatic carbocycles. The number of halogens is 2. The second-order valence-corrected chi connectivity index (χ2v) is 8.78. The van der Waals surface area contributed by atoms with Crippen LogP contribution >= 0.6 is 23.2 Å². The Kier molecular flexibility index (Phi) is 4.23. The molecular formula is C10H12Cl2N2O4S2. The highest BCUT2D eigenvalue weighted by Crippen LogP contribution is 2.35. The molecule has 112 valence electrons. The molecule has 0 aromatic heterocycles. The van der Waals surface area contributed by atoms with E-state index in [0.29, 0.717) is 0 Å². The van der Waals surface area contributed by atoms with E-state index < -0.39 is 20.0 Å². The zero-order chi connectivity index (χ0) is 15.1. The third-order valence-electron chi connectivity index (χ3n) is 2.75. The molecule has 0 aliphatic heterocycles. The Morgan fingerprint density at radius 3 is 2.05 bits per heavy atom. The van der Waals surface area contributed by atoms with Crippen LogP contribution in [0.3, 0.4) is 0 Å². The van der Waals surface area contributed by atoms with Gasteiger partial charge in [0.2, 0.25) is 20.0 Å². The number of nitrogens with one attached hydrogen (secondary N) is 1. The molecule has 1 aliphatic rings. The van der Waals surface area contributed by atoms with Crippen LogP contribution in [0.4, 0.5) is 5.69 Å². The fourth-order valence-electron chi connectivity index (χ4n) is 1.60. The molecule has 0 heterocycles. The Hall–Kier alpha value is -0.540. The summed E-state index contributed by atoms with van der Waals surface area (Å²) in [6, 6.07) is 2.11. The predicted molar refractivity (Wildman–Crippen MR) is 78.0 cm³/mol. The van der Waals surface area contributed by atoms with E-state index in [-0.39, 0.29) is 32.3 Å². The second kappa shape index (κ2) is 5.34. The summed E-state index contributed by atoms with van der Waals surface area (Å²) in [5.41, 5.74) is -0.0404. The Morgan fingerprint density at radius 1 is 1.15 bits per heavy atom. The minimum absolute atomic E-state index is 0.00338.